The lowest BCUT2D eigenvalue weighted by Crippen LogP contribution is -1.99. The third kappa shape index (κ3) is 4.21. The number of ether oxygens (including phenoxy) is 2. The van der Waals surface area contributed by atoms with Crippen LogP contribution >= 0.6 is 11.3 Å². The van der Waals surface area contributed by atoms with Crippen LogP contribution in [0.1, 0.15) is 30.0 Å². The largest absolute Gasteiger partial charge is 0.494 e. The van der Waals surface area contributed by atoms with Crippen molar-refractivity contribution in [2.24, 2.45) is 5.10 Å². The molecule has 6 heteroatoms. The zero-order chi connectivity index (χ0) is 15.9. The van der Waals surface area contributed by atoms with Crippen molar-refractivity contribution in [1.82, 2.24) is 4.98 Å². The van der Waals surface area contributed by atoms with E-state index >= 15 is 0 Å². The Morgan fingerprint density at radius 1 is 1.23 bits per heavy atom. The summed E-state index contributed by atoms with van der Waals surface area (Å²) in [4.78, 5) is 5.57. The number of nitrogens with one attached hydrogen (secondary N) is 1. The Bertz CT molecular complexity index is 633. The minimum absolute atomic E-state index is 0.592. The number of hydrazone groups is 1. The van der Waals surface area contributed by atoms with Gasteiger partial charge in [0, 0.05) is 16.5 Å². The van der Waals surface area contributed by atoms with E-state index in [9.17, 15) is 0 Å². The molecule has 0 radical (unpaired) electrons. The van der Waals surface area contributed by atoms with Crippen molar-refractivity contribution in [3.05, 3.63) is 34.3 Å². The van der Waals surface area contributed by atoms with Gasteiger partial charge >= 0.3 is 0 Å². The number of rotatable bonds is 7. The zero-order valence-corrected chi connectivity index (χ0v) is 14.2. The smallest absolute Gasteiger partial charge is 0.203 e. The van der Waals surface area contributed by atoms with E-state index < -0.39 is 0 Å². The zero-order valence-electron chi connectivity index (χ0n) is 13.3. The highest BCUT2D eigenvalue weighted by Gasteiger charge is 2.05. The molecule has 0 amide bonds. The molecule has 1 heterocycles. The van der Waals surface area contributed by atoms with Crippen LogP contribution in [0, 0.1) is 13.8 Å². The SMILES string of the molecule is CCOc1ccc(/C=N\Nc2nc(C)c(C)s2)c(OCC)c1. The van der Waals surface area contributed by atoms with E-state index in [1.54, 1.807) is 17.6 Å². The van der Waals surface area contributed by atoms with Gasteiger partial charge in [0.1, 0.15) is 11.5 Å². The Balaban J connectivity index is 2.11. The van der Waals surface area contributed by atoms with Crippen LogP contribution in [0.2, 0.25) is 0 Å². The summed E-state index contributed by atoms with van der Waals surface area (Å²) < 4.78 is 11.1. The van der Waals surface area contributed by atoms with E-state index in [-0.39, 0.29) is 0 Å². The third-order valence-corrected chi connectivity index (χ3v) is 3.97. The lowest BCUT2D eigenvalue weighted by Gasteiger charge is -2.09. The Labute approximate surface area is 135 Å². The van der Waals surface area contributed by atoms with Crippen LogP contribution in [0.4, 0.5) is 5.13 Å². The van der Waals surface area contributed by atoms with Gasteiger partial charge < -0.3 is 9.47 Å². The average Bonchev–Trinajstić information content (AvgIpc) is 2.80. The van der Waals surface area contributed by atoms with Crippen LogP contribution in [0.3, 0.4) is 0 Å². The number of thiazole rings is 1. The molecule has 0 aliphatic rings. The molecule has 0 spiro atoms. The van der Waals surface area contributed by atoms with E-state index in [0.717, 1.165) is 27.9 Å². The fourth-order valence-corrected chi connectivity index (χ4v) is 2.60. The maximum atomic E-state index is 5.64. The van der Waals surface area contributed by atoms with Crippen molar-refractivity contribution >= 4 is 22.7 Å². The summed E-state index contributed by atoms with van der Waals surface area (Å²) >= 11 is 1.59. The van der Waals surface area contributed by atoms with Crippen molar-refractivity contribution in [3.8, 4) is 11.5 Å². The molecule has 0 bridgehead atoms. The molecular weight excluding hydrogens is 298 g/mol. The molecule has 0 aliphatic heterocycles. The molecule has 0 aliphatic carbocycles. The van der Waals surface area contributed by atoms with Gasteiger partial charge in [-0.25, -0.2) is 4.98 Å². The quantitative estimate of drug-likeness (QED) is 0.619. The second-order valence-electron chi connectivity index (χ2n) is 4.60. The molecule has 0 atom stereocenters. The van der Waals surface area contributed by atoms with Crippen LogP contribution in [-0.4, -0.2) is 24.4 Å². The number of aromatic nitrogens is 1. The molecule has 1 aromatic carbocycles. The summed E-state index contributed by atoms with van der Waals surface area (Å²) in [6.45, 7) is 9.16. The number of hydrogen-bond acceptors (Lipinski definition) is 6. The van der Waals surface area contributed by atoms with E-state index in [0.29, 0.717) is 13.2 Å². The normalized spacial score (nSPS) is 10.9. The van der Waals surface area contributed by atoms with Crippen LogP contribution in [0.25, 0.3) is 0 Å². The molecule has 1 aromatic heterocycles. The van der Waals surface area contributed by atoms with Gasteiger partial charge in [0.2, 0.25) is 5.13 Å². The molecule has 0 fully saturated rings. The maximum absolute atomic E-state index is 5.64. The maximum Gasteiger partial charge on any atom is 0.203 e. The van der Waals surface area contributed by atoms with Crippen molar-refractivity contribution in [2.45, 2.75) is 27.7 Å². The topological polar surface area (TPSA) is 55.7 Å². The number of nitrogens with zero attached hydrogens (tertiary/aromatic N) is 2. The highest BCUT2D eigenvalue weighted by atomic mass is 32.1. The highest BCUT2D eigenvalue weighted by molar-refractivity contribution is 7.15. The fourth-order valence-electron chi connectivity index (χ4n) is 1.84. The minimum atomic E-state index is 0.592. The number of benzene rings is 1. The second-order valence-corrected chi connectivity index (χ2v) is 5.80. The van der Waals surface area contributed by atoms with Gasteiger partial charge in [-0.3, -0.25) is 5.43 Å². The van der Waals surface area contributed by atoms with Gasteiger partial charge in [-0.05, 0) is 39.8 Å². The predicted octanol–water partition coefficient (Wildman–Crippen LogP) is 4.00. The van der Waals surface area contributed by atoms with Gasteiger partial charge in [-0.2, -0.15) is 5.10 Å². The molecule has 22 heavy (non-hydrogen) atoms. The van der Waals surface area contributed by atoms with E-state index in [4.69, 9.17) is 9.47 Å². The molecular formula is C16H21N3O2S. The van der Waals surface area contributed by atoms with Crippen LogP contribution in [-0.2, 0) is 0 Å². The summed E-state index contributed by atoms with van der Waals surface area (Å²) in [5, 5.41) is 5.02. The molecule has 2 rings (SSSR count). The van der Waals surface area contributed by atoms with Gasteiger partial charge in [0.05, 0.1) is 25.1 Å². The summed E-state index contributed by atoms with van der Waals surface area (Å²) in [5.74, 6) is 1.55. The van der Waals surface area contributed by atoms with Crippen molar-refractivity contribution in [3.63, 3.8) is 0 Å². The standard InChI is InChI=1S/C16H21N3O2S/c1-5-20-14-8-7-13(15(9-14)21-6-2)10-17-19-16-18-11(3)12(4)22-16/h7-10H,5-6H2,1-4H3,(H,18,19)/b17-10-. The van der Waals surface area contributed by atoms with Crippen molar-refractivity contribution < 1.29 is 9.47 Å². The Hall–Kier alpha value is -2.08. The lowest BCUT2D eigenvalue weighted by atomic mass is 10.2. The first kappa shape index (κ1) is 16.3. The first-order valence-electron chi connectivity index (χ1n) is 7.26. The molecule has 1 N–H and O–H groups in total. The molecule has 118 valence electrons. The van der Waals surface area contributed by atoms with Gasteiger partial charge in [0.15, 0.2) is 0 Å². The average molecular weight is 319 g/mol. The van der Waals surface area contributed by atoms with E-state index in [1.807, 2.05) is 45.9 Å². The molecule has 0 unspecified atom stereocenters. The molecule has 0 saturated heterocycles. The van der Waals surface area contributed by atoms with Crippen LogP contribution in [0.5, 0.6) is 11.5 Å². The summed E-state index contributed by atoms with van der Waals surface area (Å²) in [7, 11) is 0. The van der Waals surface area contributed by atoms with Gasteiger partial charge in [-0.15, -0.1) is 11.3 Å². The summed E-state index contributed by atoms with van der Waals surface area (Å²) in [6, 6.07) is 5.72. The number of aryl methyl sites for hydroxylation is 2. The Kier molecular flexibility index (Phi) is 5.77. The van der Waals surface area contributed by atoms with Crippen LogP contribution in [0.15, 0.2) is 23.3 Å². The Morgan fingerprint density at radius 3 is 2.64 bits per heavy atom. The Morgan fingerprint density at radius 2 is 2.00 bits per heavy atom. The minimum Gasteiger partial charge on any atom is -0.494 e. The second kappa shape index (κ2) is 7.79. The van der Waals surface area contributed by atoms with E-state index in [2.05, 4.69) is 15.5 Å². The summed E-state index contributed by atoms with van der Waals surface area (Å²) in [6.07, 6.45) is 1.73. The fraction of sp³-hybridized carbons (Fsp3) is 0.375. The predicted molar refractivity (Wildman–Crippen MR) is 91.6 cm³/mol. The first-order valence-corrected chi connectivity index (χ1v) is 8.08. The van der Waals surface area contributed by atoms with E-state index in [1.165, 1.54) is 4.88 Å². The van der Waals surface area contributed by atoms with Crippen molar-refractivity contribution in [2.75, 3.05) is 18.6 Å². The number of anilines is 1. The molecule has 0 saturated carbocycles. The number of hydrogen-bond donors (Lipinski definition) is 1. The third-order valence-electron chi connectivity index (χ3n) is 2.99. The molecule has 5 nitrogen and oxygen atoms in total. The van der Waals surface area contributed by atoms with Gasteiger partial charge in [-0.1, -0.05) is 0 Å². The van der Waals surface area contributed by atoms with Crippen molar-refractivity contribution in [1.29, 1.82) is 0 Å². The van der Waals surface area contributed by atoms with Gasteiger partial charge in [0.25, 0.3) is 0 Å². The van der Waals surface area contributed by atoms with Crippen LogP contribution < -0.4 is 14.9 Å². The summed E-state index contributed by atoms with van der Waals surface area (Å²) in [5.41, 5.74) is 4.87. The first-order chi connectivity index (χ1) is 10.6. The molecule has 2 aromatic rings. The lowest BCUT2D eigenvalue weighted by molar-refractivity contribution is 0.323. The highest BCUT2D eigenvalue weighted by Crippen LogP contribution is 2.24. The monoisotopic (exact) mass is 319 g/mol.